The van der Waals surface area contributed by atoms with Crippen LogP contribution in [0, 0.1) is 28.8 Å². The number of nitriles is 1. The number of anilines is 2. The molecule has 1 N–H and O–H groups in total. The van der Waals surface area contributed by atoms with Gasteiger partial charge in [0.2, 0.25) is 0 Å². The zero-order valence-electron chi connectivity index (χ0n) is 14.8. The quantitative estimate of drug-likeness (QED) is 0.647. The number of nitrogens with zero attached hydrogens (tertiary/aromatic N) is 3. The molecular weight excluding hydrogens is 369 g/mol. The van der Waals surface area contributed by atoms with E-state index in [1.54, 1.807) is 18.2 Å². The number of carbonyl (C=O) groups excluding carboxylic acids is 1. The second-order valence-electron chi connectivity index (χ2n) is 6.19. The summed E-state index contributed by atoms with van der Waals surface area (Å²) in [5, 5.41) is 11.8. The summed E-state index contributed by atoms with van der Waals surface area (Å²) in [6.07, 6.45) is 1.12. The van der Waals surface area contributed by atoms with Crippen molar-refractivity contribution in [3.05, 3.63) is 71.7 Å². The molecule has 1 heterocycles. The third-order valence-electron chi connectivity index (χ3n) is 4.41. The van der Waals surface area contributed by atoms with Crippen LogP contribution in [0.1, 0.15) is 0 Å². The highest BCUT2D eigenvalue weighted by molar-refractivity contribution is 5.97. The Hall–Kier alpha value is -3.47. The Morgan fingerprint density at radius 3 is 2.25 bits per heavy atom. The minimum absolute atomic E-state index is 0.0388. The summed E-state index contributed by atoms with van der Waals surface area (Å²) < 4.78 is 39.6. The van der Waals surface area contributed by atoms with Crippen molar-refractivity contribution < 1.29 is 18.0 Å². The van der Waals surface area contributed by atoms with Gasteiger partial charge in [-0.1, -0.05) is 0 Å². The van der Waals surface area contributed by atoms with Gasteiger partial charge in [-0.15, -0.1) is 0 Å². The number of halogens is 3. The number of benzene rings is 2. The van der Waals surface area contributed by atoms with Gasteiger partial charge in [-0.3, -0.25) is 4.79 Å². The average molecular weight is 386 g/mol. The van der Waals surface area contributed by atoms with E-state index in [0.717, 1.165) is 18.0 Å². The highest BCUT2D eigenvalue weighted by Gasteiger charge is 2.24. The van der Waals surface area contributed by atoms with Crippen LogP contribution in [0.3, 0.4) is 0 Å². The zero-order valence-corrected chi connectivity index (χ0v) is 14.8. The van der Waals surface area contributed by atoms with Gasteiger partial charge in [0.05, 0.1) is 5.69 Å². The molecule has 2 aromatic carbocycles. The Morgan fingerprint density at radius 1 is 1.00 bits per heavy atom. The van der Waals surface area contributed by atoms with Gasteiger partial charge in [0.25, 0.3) is 5.91 Å². The molecule has 0 bridgehead atoms. The first-order valence-corrected chi connectivity index (χ1v) is 8.59. The predicted octanol–water partition coefficient (Wildman–Crippen LogP) is 3.27. The number of amides is 1. The van der Waals surface area contributed by atoms with Gasteiger partial charge in [-0.25, -0.2) is 13.2 Å². The lowest BCUT2D eigenvalue weighted by Crippen LogP contribution is -2.49. The maximum Gasteiger partial charge on any atom is 0.266 e. The van der Waals surface area contributed by atoms with Gasteiger partial charge in [0.1, 0.15) is 29.1 Å². The molecule has 1 aliphatic heterocycles. The van der Waals surface area contributed by atoms with Gasteiger partial charge in [0.15, 0.2) is 0 Å². The summed E-state index contributed by atoms with van der Waals surface area (Å²) in [5.41, 5.74) is 0.639. The predicted molar refractivity (Wildman–Crippen MR) is 98.9 cm³/mol. The number of nitrogens with one attached hydrogen (secondary N) is 1. The number of rotatable bonds is 4. The molecule has 3 rings (SSSR count). The van der Waals surface area contributed by atoms with E-state index in [1.165, 1.54) is 23.1 Å². The van der Waals surface area contributed by atoms with Crippen molar-refractivity contribution in [1.82, 2.24) is 4.90 Å². The van der Waals surface area contributed by atoms with E-state index in [2.05, 4.69) is 5.32 Å². The van der Waals surface area contributed by atoms with Gasteiger partial charge in [-0.2, -0.15) is 5.26 Å². The standard InChI is InChI=1S/C20H17F3N4O/c21-15-1-4-17(5-2-15)26-7-9-27(10-8-26)20(28)14(12-24)13-25-19-6-3-16(22)11-18(19)23/h1-6,11,13,25H,7-10H2/b14-13-. The van der Waals surface area contributed by atoms with Crippen molar-refractivity contribution in [2.45, 2.75) is 0 Å². The molecular formula is C20H17F3N4O. The molecule has 0 spiro atoms. The summed E-state index contributed by atoms with van der Waals surface area (Å²) in [4.78, 5) is 16.1. The van der Waals surface area contributed by atoms with Crippen LogP contribution in [0.15, 0.2) is 54.2 Å². The van der Waals surface area contributed by atoms with Crippen molar-refractivity contribution in [3.63, 3.8) is 0 Å². The minimum Gasteiger partial charge on any atom is -0.368 e. The van der Waals surface area contributed by atoms with E-state index in [4.69, 9.17) is 0 Å². The molecule has 144 valence electrons. The zero-order chi connectivity index (χ0) is 20.1. The van der Waals surface area contributed by atoms with Crippen LogP contribution >= 0.6 is 0 Å². The lowest BCUT2D eigenvalue weighted by molar-refractivity contribution is -0.127. The first-order chi connectivity index (χ1) is 13.5. The third kappa shape index (κ3) is 4.43. The second-order valence-corrected chi connectivity index (χ2v) is 6.19. The lowest BCUT2D eigenvalue weighted by Gasteiger charge is -2.36. The number of carbonyl (C=O) groups is 1. The molecule has 5 nitrogen and oxygen atoms in total. The molecule has 0 aromatic heterocycles. The van der Waals surface area contributed by atoms with E-state index in [-0.39, 0.29) is 17.1 Å². The smallest absolute Gasteiger partial charge is 0.266 e. The molecule has 2 aromatic rings. The fourth-order valence-corrected chi connectivity index (χ4v) is 2.89. The van der Waals surface area contributed by atoms with Gasteiger partial charge >= 0.3 is 0 Å². The van der Waals surface area contributed by atoms with Crippen LogP contribution < -0.4 is 10.2 Å². The Kier molecular flexibility index (Phi) is 5.84. The Labute approximate surface area is 160 Å². The van der Waals surface area contributed by atoms with Crippen LogP contribution in [-0.4, -0.2) is 37.0 Å². The molecule has 0 radical (unpaired) electrons. The molecule has 1 aliphatic rings. The maximum atomic E-state index is 13.7. The summed E-state index contributed by atoms with van der Waals surface area (Å²) in [6, 6.07) is 10.9. The molecule has 0 saturated carbocycles. The van der Waals surface area contributed by atoms with Crippen LogP contribution in [-0.2, 0) is 4.79 Å². The van der Waals surface area contributed by atoms with Gasteiger partial charge < -0.3 is 15.1 Å². The van der Waals surface area contributed by atoms with Crippen LogP contribution in [0.25, 0.3) is 0 Å². The minimum atomic E-state index is -0.825. The molecule has 0 aliphatic carbocycles. The normalized spacial score (nSPS) is 14.6. The monoisotopic (exact) mass is 386 g/mol. The largest absolute Gasteiger partial charge is 0.368 e. The van der Waals surface area contributed by atoms with Gasteiger partial charge in [0, 0.05) is 44.1 Å². The van der Waals surface area contributed by atoms with E-state index in [9.17, 15) is 23.2 Å². The van der Waals surface area contributed by atoms with Gasteiger partial charge in [-0.05, 0) is 36.4 Å². The molecule has 28 heavy (non-hydrogen) atoms. The third-order valence-corrected chi connectivity index (χ3v) is 4.41. The Balaban J connectivity index is 1.62. The summed E-state index contributed by atoms with van der Waals surface area (Å²) in [6.45, 7) is 1.85. The van der Waals surface area contributed by atoms with Crippen molar-refractivity contribution in [2.24, 2.45) is 0 Å². The highest BCUT2D eigenvalue weighted by atomic mass is 19.1. The van der Waals surface area contributed by atoms with E-state index in [0.29, 0.717) is 32.2 Å². The van der Waals surface area contributed by atoms with Crippen LogP contribution in [0.4, 0.5) is 24.5 Å². The highest BCUT2D eigenvalue weighted by Crippen LogP contribution is 2.18. The van der Waals surface area contributed by atoms with E-state index >= 15 is 0 Å². The summed E-state index contributed by atoms with van der Waals surface area (Å²) in [5.74, 6) is -2.33. The van der Waals surface area contributed by atoms with Crippen molar-refractivity contribution in [3.8, 4) is 6.07 Å². The van der Waals surface area contributed by atoms with Crippen LogP contribution in [0.2, 0.25) is 0 Å². The molecule has 1 fully saturated rings. The SMILES string of the molecule is N#C/C(=C/Nc1ccc(F)cc1F)C(=O)N1CCN(c2ccc(F)cc2)CC1. The van der Waals surface area contributed by atoms with E-state index < -0.39 is 17.5 Å². The lowest BCUT2D eigenvalue weighted by atomic mass is 10.2. The second kappa shape index (κ2) is 8.48. The van der Waals surface area contributed by atoms with Crippen molar-refractivity contribution in [2.75, 3.05) is 36.4 Å². The van der Waals surface area contributed by atoms with Crippen LogP contribution in [0.5, 0.6) is 0 Å². The summed E-state index contributed by atoms with van der Waals surface area (Å²) >= 11 is 0. The Morgan fingerprint density at radius 2 is 1.64 bits per heavy atom. The molecule has 1 saturated heterocycles. The summed E-state index contributed by atoms with van der Waals surface area (Å²) in [7, 11) is 0. The first kappa shape index (κ1) is 19.3. The average Bonchev–Trinajstić information content (AvgIpc) is 2.70. The van der Waals surface area contributed by atoms with Crippen molar-refractivity contribution in [1.29, 1.82) is 5.26 Å². The topological polar surface area (TPSA) is 59.4 Å². The number of piperazine rings is 1. The number of hydrogen-bond donors (Lipinski definition) is 1. The van der Waals surface area contributed by atoms with Crippen molar-refractivity contribution >= 4 is 17.3 Å². The fraction of sp³-hybridized carbons (Fsp3) is 0.200. The first-order valence-electron chi connectivity index (χ1n) is 8.59. The fourth-order valence-electron chi connectivity index (χ4n) is 2.89. The number of hydrogen-bond acceptors (Lipinski definition) is 4. The molecule has 0 atom stereocenters. The molecule has 8 heteroatoms. The molecule has 1 amide bonds. The molecule has 0 unspecified atom stereocenters. The van der Waals surface area contributed by atoms with E-state index in [1.807, 2.05) is 4.90 Å². The maximum absolute atomic E-state index is 13.7. The Bertz CT molecular complexity index is 929.